The van der Waals surface area contributed by atoms with Gasteiger partial charge < -0.3 is 20.7 Å². The molecule has 5 nitrogen and oxygen atoms in total. The number of para-hydroxylation sites is 1. The summed E-state index contributed by atoms with van der Waals surface area (Å²) in [5.41, 5.74) is 6.71. The average molecular weight is 270 g/mol. The summed E-state index contributed by atoms with van der Waals surface area (Å²) in [6.45, 7) is -0.117. The van der Waals surface area contributed by atoms with Gasteiger partial charge in [0.25, 0.3) is 0 Å². The minimum Gasteiger partial charge on any atom is -0.400 e. The lowest BCUT2D eigenvalue weighted by Crippen LogP contribution is -2.33. The molecule has 100 valence electrons. The second-order valence-electron chi connectivity index (χ2n) is 3.52. The van der Waals surface area contributed by atoms with Crippen LogP contribution in [0, 0.1) is 0 Å². The summed E-state index contributed by atoms with van der Waals surface area (Å²) in [4.78, 5) is 4.46. The van der Waals surface area contributed by atoms with E-state index in [-0.39, 0.29) is 12.7 Å². The maximum absolute atomic E-state index is 9.04. The zero-order valence-electron chi connectivity index (χ0n) is 10.4. The van der Waals surface area contributed by atoms with Gasteiger partial charge in [0, 0.05) is 14.2 Å². The molecule has 0 unspecified atom stereocenters. The fourth-order valence-electron chi connectivity index (χ4n) is 1.57. The van der Waals surface area contributed by atoms with Gasteiger partial charge in [-0.15, -0.1) is 11.3 Å². The van der Waals surface area contributed by atoms with E-state index in [0.717, 1.165) is 22.3 Å². The molecule has 0 saturated heterocycles. The lowest BCUT2D eigenvalue weighted by atomic mass is 10.2. The van der Waals surface area contributed by atoms with Crippen LogP contribution in [0.2, 0.25) is 0 Å². The van der Waals surface area contributed by atoms with Gasteiger partial charge in [0.2, 0.25) is 0 Å². The van der Waals surface area contributed by atoms with Crippen LogP contribution >= 0.6 is 11.3 Å². The fraction of sp³-hybridized carbons (Fsp3) is 0.417. The highest BCUT2D eigenvalue weighted by Gasteiger charge is 2.22. The Bertz CT molecular complexity index is 442. The van der Waals surface area contributed by atoms with Crippen molar-refractivity contribution < 1.29 is 14.9 Å². The second kappa shape index (κ2) is 7.40. The predicted molar refractivity (Wildman–Crippen MR) is 72.6 cm³/mol. The third kappa shape index (κ3) is 3.24. The molecule has 0 aliphatic heterocycles. The third-order valence-electron chi connectivity index (χ3n) is 2.41. The number of aliphatic hydroxyl groups excluding tert-OH is 2. The van der Waals surface area contributed by atoms with Crippen molar-refractivity contribution in [2.45, 2.75) is 12.1 Å². The Labute approximate surface area is 110 Å². The Hall–Kier alpha value is -1.05. The maximum Gasteiger partial charge on any atom is 0.126 e. The van der Waals surface area contributed by atoms with Crippen LogP contribution in [-0.2, 0) is 4.74 Å². The van der Waals surface area contributed by atoms with Gasteiger partial charge in [0.15, 0.2) is 0 Å². The number of benzene rings is 1. The molecule has 2 atom stereocenters. The minimum absolute atomic E-state index is 0.117. The third-order valence-corrected chi connectivity index (χ3v) is 3.51. The van der Waals surface area contributed by atoms with E-state index < -0.39 is 6.04 Å². The predicted octanol–water partition coefficient (Wildman–Crippen LogP) is 0.912. The number of aromatic nitrogens is 1. The monoisotopic (exact) mass is 270 g/mol. The number of nitrogens with two attached hydrogens (primary N) is 1. The molecule has 0 radical (unpaired) electrons. The number of aliphatic hydroxyl groups is 2. The first-order valence-corrected chi connectivity index (χ1v) is 6.27. The lowest BCUT2D eigenvalue weighted by molar-refractivity contribution is 0.0590. The highest BCUT2D eigenvalue weighted by atomic mass is 32.1. The Morgan fingerprint density at radius 1 is 1.39 bits per heavy atom. The molecule has 2 rings (SSSR count). The van der Waals surface area contributed by atoms with Crippen molar-refractivity contribution in [3.05, 3.63) is 29.3 Å². The summed E-state index contributed by atoms with van der Waals surface area (Å²) in [5.74, 6) is 0. The summed E-state index contributed by atoms with van der Waals surface area (Å²) < 4.78 is 6.38. The van der Waals surface area contributed by atoms with E-state index in [1.165, 1.54) is 0 Å². The molecule has 0 amide bonds. The molecule has 2 aromatic rings. The minimum atomic E-state index is -0.439. The first-order valence-electron chi connectivity index (χ1n) is 5.45. The van der Waals surface area contributed by atoms with E-state index >= 15 is 0 Å². The zero-order chi connectivity index (χ0) is 13.5. The van der Waals surface area contributed by atoms with Gasteiger partial charge in [-0.05, 0) is 12.1 Å². The van der Waals surface area contributed by atoms with Gasteiger partial charge in [-0.2, -0.15) is 0 Å². The van der Waals surface area contributed by atoms with Gasteiger partial charge in [-0.25, -0.2) is 4.98 Å². The van der Waals surface area contributed by atoms with Crippen LogP contribution in [0.5, 0.6) is 0 Å². The number of hydrogen-bond acceptors (Lipinski definition) is 6. The van der Waals surface area contributed by atoms with Crippen molar-refractivity contribution in [3.63, 3.8) is 0 Å². The Morgan fingerprint density at radius 2 is 2.06 bits per heavy atom. The van der Waals surface area contributed by atoms with Crippen molar-refractivity contribution in [2.75, 3.05) is 20.8 Å². The number of nitrogens with zero attached hydrogens (tertiary/aromatic N) is 1. The van der Waals surface area contributed by atoms with Crippen LogP contribution in [0.15, 0.2) is 24.3 Å². The second-order valence-corrected chi connectivity index (χ2v) is 4.58. The zero-order valence-corrected chi connectivity index (χ0v) is 11.2. The SMILES string of the molecule is CO.CO[C@H](c1nc2ccccc2s1)[C@@H](N)CO. The number of rotatable bonds is 4. The molecule has 0 aliphatic rings. The largest absolute Gasteiger partial charge is 0.400 e. The van der Waals surface area contributed by atoms with Crippen LogP contribution in [0.4, 0.5) is 0 Å². The fourth-order valence-corrected chi connectivity index (χ4v) is 2.69. The molecular weight excluding hydrogens is 252 g/mol. The molecule has 1 aromatic carbocycles. The Morgan fingerprint density at radius 3 is 2.61 bits per heavy atom. The van der Waals surface area contributed by atoms with Gasteiger partial charge >= 0.3 is 0 Å². The van der Waals surface area contributed by atoms with Gasteiger partial charge in [-0.3, -0.25) is 0 Å². The summed E-state index contributed by atoms with van der Waals surface area (Å²) in [7, 11) is 2.58. The molecule has 0 fully saturated rings. The molecule has 0 spiro atoms. The molecule has 0 saturated carbocycles. The molecule has 1 heterocycles. The molecule has 1 aromatic heterocycles. The first kappa shape index (κ1) is 15.0. The average Bonchev–Trinajstić information content (AvgIpc) is 2.85. The molecule has 18 heavy (non-hydrogen) atoms. The van der Waals surface area contributed by atoms with Crippen LogP contribution in [0.3, 0.4) is 0 Å². The van der Waals surface area contributed by atoms with Gasteiger partial charge in [0.1, 0.15) is 11.1 Å². The highest BCUT2D eigenvalue weighted by molar-refractivity contribution is 7.18. The Kier molecular flexibility index (Phi) is 6.17. The van der Waals surface area contributed by atoms with Crippen molar-refractivity contribution in [1.29, 1.82) is 0 Å². The van der Waals surface area contributed by atoms with Crippen molar-refractivity contribution in [2.24, 2.45) is 5.73 Å². The number of fused-ring (bicyclic) bond motifs is 1. The first-order chi connectivity index (χ1) is 8.76. The normalized spacial score (nSPS) is 13.8. The van der Waals surface area contributed by atoms with Gasteiger partial charge in [0.05, 0.1) is 22.9 Å². The van der Waals surface area contributed by atoms with E-state index in [0.29, 0.717) is 0 Å². The quantitative estimate of drug-likeness (QED) is 0.768. The Balaban J connectivity index is 0.000000771. The van der Waals surface area contributed by atoms with Crippen molar-refractivity contribution in [1.82, 2.24) is 4.98 Å². The topological polar surface area (TPSA) is 88.6 Å². The standard InChI is InChI=1S/C11H14N2O2S.CH4O/c1-15-10(7(12)6-14)11-13-8-4-2-3-5-9(8)16-11;1-2/h2-5,7,10,14H,6,12H2,1H3;2H,1H3/t7-,10-;/m0./s1. The smallest absolute Gasteiger partial charge is 0.126 e. The maximum atomic E-state index is 9.04. The highest BCUT2D eigenvalue weighted by Crippen LogP contribution is 2.29. The summed E-state index contributed by atoms with van der Waals surface area (Å²) in [6.07, 6.45) is -0.345. The lowest BCUT2D eigenvalue weighted by Gasteiger charge is -2.17. The van der Waals surface area contributed by atoms with Crippen molar-refractivity contribution in [3.8, 4) is 0 Å². The van der Waals surface area contributed by atoms with E-state index in [9.17, 15) is 0 Å². The number of thiazole rings is 1. The van der Waals surface area contributed by atoms with E-state index in [1.807, 2.05) is 24.3 Å². The van der Waals surface area contributed by atoms with Crippen LogP contribution in [0.1, 0.15) is 11.1 Å². The number of methoxy groups -OCH3 is 1. The number of hydrogen-bond donors (Lipinski definition) is 3. The van der Waals surface area contributed by atoms with Crippen molar-refractivity contribution >= 4 is 21.6 Å². The molecular formula is C12H18N2O3S. The van der Waals surface area contributed by atoms with Crippen LogP contribution in [0.25, 0.3) is 10.2 Å². The molecule has 4 N–H and O–H groups in total. The summed E-state index contributed by atoms with van der Waals surface area (Å²) in [6, 6.07) is 7.43. The molecule has 0 aliphatic carbocycles. The molecule has 0 bridgehead atoms. The number of ether oxygens (including phenoxy) is 1. The summed E-state index contributed by atoms with van der Waals surface area (Å²) >= 11 is 1.55. The van der Waals surface area contributed by atoms with E-state index in [4.69, 9.17) is 20.7 Å². The van der Waals surface area contributed by atoms with Crippen LogP contribution < -0.4 is 5.73 Å². The van der Waals surface area contributed by atoms with E-state index in [1.54, 1.807) is 18.4 Å². The summed E-state index contributed by atoms with van der Waals surface area (Å²) in [5, 5.41) is 16.9. The molecule has 6 heteroatoms. The van der Waals surface area contributed by atoms with Crippen LogP contribution in [-0.4, -0.2) is 42.1 Å². The van der Waals surface area contributed by atoms with Gasteiger partial charge in [-0.1, -0.05) is 12.1 Å². The van der Waals surface area contributed by atoms with E-state index in [2.05, 4.69) is 4.98 Å².